The van der Waals surface area contributed by atoms with E-state index in [0.29, 0.717) is 24.8 Å². The number of rotatable bonds is 3. The van der Waals surface area contributed by atoms with Crippen molar-refractivity contribution in [2.45, 2.75) is 13.0 Å². The number of pyridine rings is 1. The Kier molecular flexibility index (Phi) is 3.97. The standard InChI is InChI=1S/C15H17N5O2/c1-10-8-13(20-6-7-22-9-12(20)14(16)21)19-15(18-10)11-2-4-17-5-3-11/h2-5,8,12H,6-7,9H2,1H3,(H2,16,21). The number of hydrogen-bond donors (Lipinski definition) is 1. The van der Waals surface area contributed by atoms with Crippen LogP contribution in [0, 0.1) is 6.92 Å². The van der Waals surface area contributed by atoms with Gasteiger partial charge in [0.25, 0.3) is 0 Å². The second-order valence-corrected chi connectivity index (χ2v) is 5.11. The van der Waals surface area contributed by atoms with E-state index >= 15 is 0 Å². The van der Waals surface area contributed by atoms with Crippen LogP contribution in [0.1, 0.15) is 5.69 Å². The van der Waals surface area contributed by atoms with Crippen LogP contribution < -0.4 is 10.6 Å². The number of morpholine rings is 1. The van der Waals surface area contributed by atoms with Crippen LogP contribution in [-0.4, -0.2) is 46.7 Å². The molecule has 7 nitrogen and oxygen atoms in total. The summed E-state index contributed by atoms with van der Waals surface area (Å²) in [5, 5.41) is 0. The highest BCUT2D eigenvalue weighted by Gasteiger charge is 2.29. The molecule has 3 heterocycles. The number of carbonyl (C=O) groups excluding carboxylic acids is 1. The third-order valence-corrected chi connectivity index (χ3v) is 3.53. The monoisotopic (exact) mass is 299 g/mol. The van der Waals surface area contributed by atoms with Crippen molar-refractivity contribution in [2.75, 3.05) is 24.7 Å². The second kappa shape index (κ2) is 6.07. The fourth-order valence-corrected chi connectivity index (χ4v) is 2.44. The fourth-order valence-electron chi connectivity index (χ4n) is 2.44. The van der Waals surface area contributed by atoms with Gasteiger partial charge >= 0.3 is 0 Å². The van der Waals surface area contributed by atoms with Crippen LogP contribution in [0.3, 0.4) is 0 Å². The van der Waals surface area contributed by atoms with Crippen molar-refractivity contribution in [1.82, 2.24) is 15.0 Å². The van der Waals surface area contributed by atoms with Crippen molar-refractivity contribution >= 4 is 11.7 Å². The first-order valence-electron chi connectivity index (χ1n) is 7.05. The maximum absolute atomic E-state index is 11.6. The maximum atomic E-state index is 11.6. The van der Waals surface area contributed by atoms with Crippen molar-refractivity contribution in [1.29, 1.82) is 0 Å². The third kappa shape index (κ3) is 2.89. The SMILES string of the molecule is Cc1cc(N2CCOCC2C(N)=O)nc(-c2ccncc2)n1. The molecule has 114 valence electrons. The third-order valence-electron chi connectivity index (χ3n) is 3.53. The molecule has 1 unspecified atom stereocenters. The molecule has 1 aliphatic heterocycles. The zero-order chi connectivity index (χ0) is 15.5. The van der Waals surface area contributed by atoms with E-state index in [1.165, 1.54) is 0 Å². The van der Waals surface area contributed by atoms with Crippen LogP contribution in [-0.2, 0) is 9.53 Å². The molecule has 0 bridgehead atoms. The second-order valence-electron chi connectivity index (χ2n) is 5.11. The maximum Gasteiger partial charge on any atom is 0.242 e. The number of nitrogens with two attached hydrogens (primary N) is 1. The number of aryl methyl sites for hydroxylation is 1. The van der Waals surface area contributed by atoms with E-state index in [-0.39, 0.29) is 6.61 Å². The van der Waals surface area contributed by atoms with Gasteiger partial charge in [0.05, 0.1) is 13.2 Å². The van der Waals surface area contributed by atoms with Gasteiger partial charge in [-0.05, 0) is 19.1 Å². The molecule has 2 aromatic heterocycles. The first-order valence-corrected chi connectivity index (χ1v) is 7.05. The predicted molar refractivity (Wildman–Crippen MR) is 81.1 cm³/mol. The molecule has 0 saturated carbocycles. The number of aromatic nitrogens is 3. The van der Waals surface area contributed by atoms with E-state index < -0.39 is 11.9 Å². The quantitative estimate of drug-likeness (QED) is 0.889. The highest BCUT2D eigenvalue weighted by molar-refractivity contribution is 5.83. The molecule has 0 radical (unpaired) electrons. The number of hydrogen-bond acceptors (Lipinski definition) is 6. The molecule has 0 aromatic carbocycles. The van der Waals surface area contributed by atoms with E-state index in [1.54, 1.807) is 12.4 Å². The molecular weight excluding hydrogens is 282 g/mol. The Bertz CT molecular complexity index is 677. The van der Waals surface area contributed by atoms with Gasteiger partial charge in [-0.1, -0.05) is 0 Å². The minimum atomic E-state index is -0.506. The Balaban J connectivity index is 2.00. The summed E-state index contributed by atoms with van der Waals surface area (Å²) in [7, 11) is 0. The molecule has 1 aliphatic rings. The number of anilines is 1. The van der Waals surface area contributed by atoms with Crippen LogP contribution >= 0.6 is 0 Å². The van der Waals surface area contributed by atoms with Crippen molar-refractivity contribution in [2.24, 2.45) is 5.73 Å². The van der Waals surface area contributed by atoms with E-state index in [9.17, 15) is 4.79 Å². The topological polar surface area (TPSA) is 94.2 Å². The molecule has 3 rings (SSSR count). The highest BCUT2D eigenvalue weighted by atomic mass is 16.5. The Labute approximate surface area is 128 Å². The van der Waals surface area contributed by atoms with Crippen molar-refractivity contribution in [3.05, 3.63) is 36.3 Å². The van der Waals surface area contributed by atoms with E-state index in [0.717, 1.165) is 11.3 Å². The number of nitrogens with zero attached hydrogens (tertiary/aromatic N) is 4. The first-order chi connectivity index (χ1) is 10.6. The average molecular weight is 299 g/mol. The molecular formula is C15H17N5O2. The Hall–Kier alpha value is -2.54. The first kappa shape index (κ1) is 14.4. The summed E-state index contributed by atoms with van der Waals surface area (Å²) in [6, 6.07) is 5.05. The van der Waals surface area contributed by atoms with Crippen LogP contribution in [0.2, 0.25) is 0 Å². The van der Waals surface area contributed by atoms with Crippen LogP contribution in [0.25, 0.3) is 11.4 Å². The molecule has 1 saturated heterocycles. The van der Waals surface area contributed by atoms with E-state index in [4.69, 9.17) is 10.5 Å². The van der Waals surface area contributed by atoms with Gasteiger partial charge in [0.15, 0.2) is 5.82 Å². The predicted octanol–water partition coefficient (Wildman–Crippen LogP) is 0.538. The molecule has 2 aromatic rings. The summed E-state index contributed by atoms with van der Waals surface area (Å²) in [5.41, 5.74) is 7.17. The van der Waals surface area contributed by atoms with Crippen LogP contribution in [0.15, 0.2) is 30.6 Å². The number of ether oxygens (including phenoxy) is 1. The van der Waals surface area contributed by atoms with Crippen LogP contribution in [0.5, 0.6) is 0 Å². The van der Waals surface area contributed by atoms with Gasteiger partial charge in [-0.25, -0.2) is 9.97 Å². The average Bonchev–Trinajstić information content (AvgIpc) is 2.55. The zero-order valence-corrected chi connectivity index (χ0v) is 12.3. The van der Waals surface area contributed by atoms with Gasteiger partial charge in [-0.3, -0.25) is 9.78 Å². The summed E-state index contributed by atoms with van der Waals surface area (Å²) in [6.45, 7) is 3.29. The van der Waals surface area contributed by atoms with Gasteiger partial charge in [-0.2, -0.15) is 0 Å². The lowest BCUT2D eigenvalue weighted by Crippen LogP contribution is -2.53. The summed E-state index contributed by atoms with van der Waals surface area (Å²) in [5.74, 6) is 0.875. The normalized spacial score (nSPS) is 18.2. The Morgan fingerprint density at radius 3 is 2.86 bits per heavy atom. The van der Waals surface area contributed by atoms with Gasteiger partial charge in [0.2, 0.25) is 5.91 Å². The number of amides is 1. The Morgan fingerprint density at radius 2 is 2.14 bits per heavy atom. The molecule has 2 N–H and O–H groups in total. The van der Waals surface area contributed by atoms with E-state index in [2.05, 4.69) is 15.0 Å². The summed E-state index contributed by atoms with van der Waals surface area (Å²) in [4.78, 5) is 26.5. The van der Waals surface area contributed by atoms with Crippen molar-refractivity contribution in [3.63, 3.8) is 0 Å². The minimum absolute atomic E-state index is 0.281. The molecule has 0 aliphatic carbocycles. The van der Waals surface area contributed by atoms with Gasteiger partial charge in [0.1, 0.15) is 11.9 Å². The molecule has 1 amide bonds. The van der Waals surface area contributed by atoms with Gasteiger partial charge < -0.3 is 15.4 Å². The van der Waals surface area contributed by atoms with Crippen molar-refractivity contribution in [3.8, 4) is 11.4 Å². The Morgan fingerprint density at radius 1 is 1.36 bits per heavy atom. The largest absolute Gasteiger partial charge is 0.377 e. The lowest BCUT2D eigenvalue weighted by Gasteiger charge is -2.34. The van der Waals surface area contributed by atoms with Gasteiger partial charge in [-0.15, -0.1) is 0 Å². The summed E-state index contributed by atoms with van der Waals surface area (Å²) >= 11 is 0. The molecule has 22 heavy (non-hydrogen) atoms. The highest BCUT2D eigenvalue weighted by Crippen LogP contribution is 2.22. The lowest BCUT2D eigenvalue weighted by atomic mass is 10.2. The smallest absolute Gasteiger partial charge is 0.242 e. The number of carbonyl (C=O) groups is 1. The van der Waals surface area contributed by atoms with E-state index in [1.807, 2.05) is 30.0 Å². The number of primary amides is 1. The lowest BCUT2D eigenvalue weighted by molar-refractivity contribution is -0.121. The fraction of sp³-hybridized carbons (Fsp3) is 0.333. The molecule has 1 fully saturated rings. The molecule has 0 spiro atoms. The molecule has 1 atom stereocenters. The van der Waals surface area contributed by atoms with Crippen molar-refractivity contribution < 1.29 is 9.53 Å². The molecule has 7 heteroatoms. The zero-order valence-electron chi connectivity index (χ0n) is 12.3. The minimum Gasteiger partial charge on any atom is -0.377 e. The summed E-state index contributed by atoms with van der Waals surface area (Å²) in [6.07, 6.45) is 3.39. The van der Waals surface area contributed by atoms with Crippen LogP contribution in [0.4, 0.5) is 5.82 Å². The summed E-state index contributed by atoms with van der Waals surface area (Å²) < 4.78 is 5.35. The van der Waals surface area contributed by atoms with Gasteiger partial charge in [0, 0.05) is 36.3 Å².